The van der Waals surface area contributed by atoms with Gasteiger partial charge in [-0.3, -0.25) is 14.3 Å². The highest BCUT2D eigenvalue weighted by Gasteiger charge is 2.27. The molecule has 74 valence electrons. The van der Waals surface area contributed by atoms with Gasteiger partial charge in [0, 0.05) is 13.2 Å². The molecule has 0 spiro atoms. The second kappa shape index (κ2) is 3.25. The van der Waals surface area contributed by atoms with Crippen LogP contribution in [0.25, 0.3) is 0 Å². The molecule has 1 aliphatic heterocycles. The molecule has 0 saturated carbocycles. The zero-order chi connectivity index (χ0) is 10.1. The van der Waals surface area contributed by atoms with Gasteiger partial charge in [-0.1, -0.05) is 0 Å². The number of likely N-dealkylation sites (tertiary alicyclic amines) is 1. The Morgan fingerprint density at radius 2 is 2.29 bits per heavy atom. The number of rotatable bonds is 2. The van der Waals surface area contributed by atoms with Crippen molar-refractivity contribution >= 4 is 11.7 Å². The van der Waals surface area contributed by atoms with E-state index in [0.29, 0.717) is 6.54 Å². The van der Waals surface area contributed by atoms with Gasteiger partial charge in [-0.2, -0.15) is 5.10 Å². The molecule has 2 rings (SSSR count). The molecule has 0 aromatic carbocycles. The summed E-state index contributed by atoms with van der Waals surface area (Å²) in [5.41, 5.74) is 0.815. The number of aromatic nitrogens is 2. The number of carbonyl (C=O) groups excluding carboxylic acids is 2. The van der Waals surface area contributed by atoms with Crippen LogP contribution in [0.2, 0.25) is 0 Å². The Labute approximate surface area is 81.3 Å². The minimum absolute atomic E-state index is 0.00840. The number of ketones is 1. The normalized spacial score (nSPS) is 16.8. The fourth-order valence-corrected chi connectivity index (χ4v) is 1.52. The maximum absolute atomic E-state index is 11.3. The number of aryl methyl sites for hydroxylation is 1. The molecule has 1 aliphatic rings. The molecule has 5 nitrogen and oxygen atoms in total. The molecule has 0 radical (unpaired) electrons. The van der Waals surface area contributed by atoms with E-state index in [-0.39, 0.29) is 24.7 Å². The first kappa shape index (κ1) is 8.93. The lowest BCUT2D eigenvalue weighted by Gasteiger charge is -2.11. The standard InChI is InChI=1S/C9H11N3O2/c1-11-3-2-7(10-11)5-12-6-8(13)4-9(12)14/h2-3H,4-6H2,1H3. The van der Waals surface area contributed by atoms with E-state index in [1.54, 1.807) is 4.68 Å². The Morgan fingerprint density at radius 1 is 1.50 bits per heavy atom. The molecule has 0 atom stereocenters. The molecule has 0 bridgehead atoms. The van der Waals surface area contributed by atoms with Crippen LogP contribution in [-0.2, 0) is 23.2 Å². The Balaban J connectivity index is 2.05. The van der Waals surface area contributed by atoms with Gasteiger partial charge in [0.05, 0.1) is 25.2 Å². The van der Waals surface area contributed by atoms with Crippen molar-refractivity contribution in [3.63, 3.8) is 0 Å². The smallest absolute Gasteiger partial charge is 0.230 e. The summed E-state index contributed by atoms with van der Waals surface area (Å²) in [7, 11) is 1.82. The van der Waals surface area contributed by atoms with Gasteiger partial charge in [0.2, 0.25) is 5.91 Å². The molecular formula is C9H11N3O2. The molecule has 0 unspecified atom stereocenters. The maximum Gasteiger partial charge on any atom is 0.230 e. The summed E-state index contributed by atoms with van der Waals surface area (Å²) in [4.78, 5) is 23.8. The lowest BCUT2D eigenvalue weighted by molar-refractivity contribution is -0.128. The topological polar surface area (TPSA) is 55.2 Å². The van der Waals surface area contributed by atoms with Crippen LogP contribution >= 0.6 is 0 Å². The van der Waals surface area contributed by atoms with Crippen molar-refractivity contribution in [1.29, 1.82) is 0 Å². The van der Waals surface area contributed by atoms with Crippen LogP contribution in [0.3, 0.4) is 0 Å². The second-order valence-electron chi connectivity index (χ2n) is 3.45. The van der Waals surface area contributed by atoms with Crippen molar-refractivity contribution < 1.29 is 9.59 Å². The molecular weight excluding hydrogens is 182 g/mol. The fraction of sp³-hybridized carbons (Fsp3) is 0.444. The molecule has 5 heteroatoms. The Bertz CT molecular complexity index is 383. The highest BCUT2D eigenvalue weighted by atomic mass is 16.2. The number of carbonyl (C=O) groups is 2. The summed E-state index contributed by atoms with van der Waals surface area (Å²) in [6, 6.07) is 1.84. The van der Waals surface area contributed by atoms with E-state index >= 15 is 0 Å². The van der Waals surface area contributed by atoms with Crippen LogP contribution in [0.4, 0.5) is 0 Å². The van der Waals surface area contributed by atoms with Crippen LogP contribution in [0.5, 0.6) is 0 Å². The van der Waals surface area contributed by atoms with Gasteiger partial charge >= 0.3 is 0 Å². The van der Waals surface area contributed by atoms with E-state index < -0.39 is 0 Å². The molecule has 2 heterocycles. The summed E-state index contributed by atoms with van der Waals surface area (Å²) >= 11 is 0. The summed E-state index contributed by atoms with van der Waals surface area (Å²) in [5, 5.41) is 4.15. The average molecular weight is 193 g/mol. The monoisotopic (exact) mass is 193 g/mol. The lowest BCUT2D eigenvalue weighted by Crippen LogP contribution is -2.24. The van der Waals surface area contributed by atoms with Gasteiger partial charge in [-0.05, 0) is 6.07 Å². The van der Waals surface area contributed by atoms with Crippen molar-refractivity contribution in [2.45, 2.75) is 13.0 Å². The van der Waals surface area contributed by atoms with Crippen molar-refractivity contribution in [3.05, 3.63) is 18.0 Å². The van der Waals surface area contributed by atoms with Crippen molar-refractivity contribution in [3.8, 4) is 0 Å². The first-order valence-corrected chi connectivity index (χ1v) is 4.43. The SMILES string of the molecule is Cn1ccc(CN2CC(=O)CC2=O)n1. The first-order chi connectivity index (χ1) is 6.65. The molecule has 1 aromatic heterocycles. The number of hydrogen-bond acceptors (Lipinski definition) is 3. The number of hydrogen-bond donors (Lipinski definition) is 0. The minimum Gasteiger partial charge on any atom is -0.329 e. The maximum atomic E-state index is 11.3. The van der Waals surface area contributed by atoms with Crippen LogP contribution in [0.1, 0.15) is 12.1 Å². The Hall–Kier alpha value is -1.65. The highest BCUT2D eigenvalue weighted by molar-refractivity contribution is 6.05. The number of nitrogens with zero attached hydrogens (tertiary/aromatic N) is 3. The van der Waals surface area contributed by atoms with E-state index in [2.05, 4.69) is 5.10 Å². The zero-order valence-corrected chi connectivity index (χ0v) is 7.93. The van der Waals surface area contributed by atoms with Crippen LogP contribution in [0, 0.1) is 0 Å². The molecule has 1 aromatic rings. The third-order valence-electron chi connectivity index (χ3n) is 2.19. The van der Waals surface area contributed by atoms with Gasteiger partial charge in [0.15, 0.2) is 5.78 Å². The zero-order valence-electron chi connectivity index (χ0n) is 7.93. The molecule has 1 amide bonds. The summed E-state index contributed by atoms with van der Waals surface area (Å²) in [5.74, 6) is -0.105. The van der Waals surface area contributed by atoms with Crippen LogP contribution < -0.4 is 0 Å². The molecule has 0 aliphatic carbocycles. The Kier molecular flexibility index (Phi) is 2.07. The Morgan fingerprint density at radius 3 is 2.79 bits per heavy atom. The lowest BCUT2D eigenvalue weighted by atomic mass is 10.3. The van der Waals surface area contributed by atoms with Gasteiger partial charge in [0.1, 0.15) is 0 Å². The van der Waals surface area contributed by atoms with E-state index in [0.717, 1.165) is 5.69 Å². The largest absolute Gasteiger partial charge is 0.329 e. The van der Waals surface area contributed by atoms with Crippen molar-refractivity contribution in [1.82, 2.24) is 14.7 Å². The van der Waals surface area contributed by atoms with Gasteiger partial charge < -0.3 is 4.90 Å². The van der Waals surface area contributed by atoms with Gasteiger partial charge in [-0.25, -0.2) is 0 Å². The average Bonchev–Trinajstić information content (AvgIpc) is 2.61. The third kappa shape index (κ3) is 1.66. The minimum atomic E-state index is -0.0966. The quantitative estimate of drug-likeness (QED) is 0.607. The van der Waals surface area contributed by atoms with Crippen LogP contribution in [0.15, 0.2) is 12.3 Å². The summed E-state index contributed by atoms with van der Waals surface area (Å²) < 4.78 is 1.68. The van der Waals surface area contributed by atoms with E-state index in [1.165, 1.54) is 4.90 Å². The molecule has 1 saturated heterocycles. The number of Topliss-reactive ketones (excluding diaryl/α,β-unsaturated/α-hetero) is 1. The van der Waals surface area contributed by atoms with Gasteiger partial charge in [-0.15, -0.1) is 0 Å². The van der Waals surface area contributed by atoms with E-state index in [4.69, 9.17) is 0 Å². The number of amides is 1. The molecule has 0 N–H and O–H groups in total. The van der Waals surface area contributed by atoms with E-state index in [9.17, 15) is 9.59 Å². The van der Waals surface area contributed by atoms with Crippen molar-refractivity contribution in [2.75, 3.05) is 6.54 Å². The fourth-order valence-electron chi connectivity index (χ4n) is 1.52. The molecule has 1 fully saturated rings. The highest BCUT2D eigenvalue weighted by Crippen LogP contribution is 2.10. The van der Waals surface area contributed by atoms with Crippen LogP contribution in [-0.4, -0.2) is 32.9 Å². The third-order valence-corrected chi connectivity index (χ3v) is 2.19. The molecule has 14 heavy (non-hydrogen) atoms. The van der Waals surface area contributed by atoms with E-state index in [1.807, 2.05) is 19.3 Å². The predicted molar refractivity (Wildman–Crippen MR) is 48.2 cm³/mol. The first-order valence-electron chi connectivity index (χ1n) is 4.43. The summed E-state index contributed by atoms with van der Waals surface area (Å²) in [6.45, 7) is 0.667. The predicted octanol–water partition coefficient (Wildman–Crippen LogP) is -0.278. The second-order valence-corrected chi connectivity index (χ2v) is 3.45. The van der Waals surface area contributed by atoms with Gasteiger partial charge in [0.25, 0.3) is 0 Å². The van der Waals surface area contributed by atoms with Crippen molar-refractivity contribution in [2.24, 2.45) is 7.05 Å². The summed E-state index contributed by atoms with van der Waals surface area (Å²) in [6.07, 6.45) is 1.87.